The van der Waals surface area contributed by atoms with Gasteiger partial charge in [0, 0.05) is 19.4 Å². The third kappa shape index (κ3) is 2.21. The van der Waals surface area contributed by atoms with Crippen LogP contribution in [0, 0.1) is 0 Å². The Bertz CT molecular complexity index is 358. The normalized spacial score (nSPS) is 31.8. The Hall–Kier alpha value is -1.33. The second kappa shape index (κ2) is 4.89. The fraction of sp³-hybridized carbons (Fsp3) is 0.583. The van der Waals surface area contributed by atoms with E-state index < -0.39 is 12.2 Å². The van der Waals surface area contributed by atoms with Crippen molar-refractivity contribution in [3.63, 3.8) is 0 Å². The second-order valence-electron chi connectivity index (χ2n) is 4.26. The van der Waals surface area contributed by atoms with Gasteiger partial charge in [0.1, 0.15) is 0 Å². The number of rotatable bonds is 3. The van der Waals surface area contributed by atoms with Gasteiger partial charge in [-0.15, -0.1) is 0 Å². The number of methoxy groups -OCH3 is 2. The molecule has 94 valence electrons. The van der Waals surface area contributed by atoms with Crippen LogP contribution in [-0.2, 0) is 14.3 Å². The molecule has 1 aliphatic carbocycles. The first-order valence-electron chi connectivity index (χ1n) is 5.62. The van der Waals surface area contributed by atoms with Gasteiger partial charge < -0.3 is 19.5 Å². The zero-order valence-corrected chi connectivity index (χ0v) is 10.00. The summed E-state index contributed by atoms with van der Waals surface area (Å²) in [6.45, 7) is 0. The third-order valence-corrected chi connectivity index (χ3v) is 3.34. The van der Waals surface area contributed by atoms with Crippen molar-refractivity contribution in [1.29, 1.82) is 0 Å². The number of carbonyl (C=O) groups excluding carboxylic acids is 1. The smallest absolute Gasteiger partial charge is 0.338 e. The van der Waals surface area contributed by atoms with E-state index >= 15 is 0 Å². The first-order chi connectivity index (χ1) is 8.17. The highest BCUT2D eigenvalue weighted by molar-refractivity contribution is 5.90. The minimum absolute atomic E-state index is 0.222. The lowest BCUT2D eigenvalue weighted by atomic mass is 9.87. The molecule has 2 rings (SSSR count). The van der Waals surface area contributed by atoms with Gasteiger partial charge in [0.05, 0.1) is 18.8 Å². The monoisotopic (exact) mass is 239 g/mol. The lowest BCUT2D eigenvalue weighted by Gasteiger charge is -2.44. The molecule has 0 radical (unpaired) electrons. The molecule has 1 unspecified atom stereocenters. The van der Waals surface area contributed by atoms with Crippen molar-refractivity contribution >= 4 is 5.97 Å². The van der Waals surface area contributed by atoms with E-state index in [-0.39, 0.29) is 17.7 Å². The van der Waals surface area contributed by atoms with Gasteiger partial charge in [-0.1, -0.05) is 0 Å². The number of hydrogen-bond acceptors (Lipinski definition) is 5. The number of ether oxygens (including phenoxy) is 2. The number of esters is 1. The molecule has 0 aromatic heterocycles. The highest BCUT2D eigenvalue weighted by atomic mass is 16.5. The Labute approximate surface area is 100 Å². The number of allylic oxidation sites excluding steroid dienone is 2. The number of aliphatic hydroxyl groups is 1. The quantitative estimate of drug-likeness (QED) is 0.723. The van der Waals surface area contributed by atoms with Crippen LogP contribution in [0.2, 0.25) is 0 Å². The van der Waals surface area contributed by atoms with Crippen molar-refractivity contribution in [3.05, 3.63) is 23.9 Å². The number of aliphatic hydroxyl groups excluding tert-OH is 1. The van der Waals surface area contributed by atoms with E-state index in [1.165, 1.54) is 7.11 Å². The first-order valence-corrected chi connectivity index (χ1v) is 5.62. The van der Waals surface area contributed by atoms with Crippen LogP contribution in [0.25, 0.3) is 0 Å². The fourth-order valence-electron chi connectivity index (χ4n) is 2.16. The molecule has 1 N–H and O–H groups in total. The average Bonchev–Trinajstić information content (AvgIpc) is 2.29. The van der Waals surface area contributed by atoms with E-state index in [1.807, 2.05) is 0 Å². The van der Waals surface area contributed by atoms with Crippen LogP contribution in [0.3, 0.4) is 0 Å². The van der Waals surface area contributed by atoms with E-state index in [4.69, 9.17) is 4.74 Å². The molecule has 0 spiro atoms. The van der Waals surface area contributed by atoms with Gasteiger partial charge in [-0.05, 0) is 25.0 Å². The summed E-state index contributed by atoms with van der Waals surface area (Å²) < 4.78 is 9.83. The molecule has 5 heteroatoms. The largest absolute Gasteiger partial charge is 0.466 e. The van der Waals surface area contributed by atoms with Crippen LogP contribution < -0.4 is 0 Å². The van der Waals surface area contributed by atoms with Crippen molar-refractivity contribution in [2.24, 2.45) is 0 Å². The van der Waals surface area contributed by atoms with Crippen LogP contribution in [-0.4, -0.2) is 48.6 Å². The van der Waals surface area contributed by atoms with E-state index in [9.17, 15) is 9.90 Å². The number of nitrogens with zero attached hydrogens (tertiary/aromatic N) is 1. The molecule has 1 saturated carbocycles. The summed E-state index contributed by atoms with van der Waals surface area (Å²) in [6, 6.07) is 0.222. The number of hydrogen-bond donors (Lipinski definition) is 1. The SMILES string of the molecule is COC(=O)C1=CC=CN([C@H]2C[C@H](OC)C2)C1O. The van der Waals surface area contributed by atoms with E-state index in [2.05, 4.69) is 4.74 Å². The summed E-state index contributed by atoms with van der Waals surface area (Å²) in [5, 5.41) is 10.1. The summed E-state index contributed by atoms with van der Waals surface area (Å²) in [4.78, 5) is 13.2. The van der Waals surface area contributed by atoms with Gasteiger partial charge in [-0.25, -0.2) is 4.79 Å². The summed E-state index contributed by atoms with van der Waals surface area (Å²) in [5.41, 5.74) is 0.274. The lowest BCUT2D eigenvalue weighted by Crippen LogP contribution is -2.51. The van der Waals surface area contributed by atoms with Crippen LogP contribution in [0.5, 0.6) is 0 Å². The third-order valence-electron chi connectivity index (χ3n) is 3.34. The standard InChI is InChI=1S/C12H17NO4/c1-16-9-6-8(7-9)13-5-3-4-10(11(13)14)12(15)17-2/h3-5,8-9,11,14H,6-7H2,1-2H3/t8-,9-,11?. The van der Waals surface area contributed by atoms with Gasteiger partial charge >= 0.3 is 5.97 Å². The van der Waals surface area contributed by atoms with Crippen LogP contribution in [0.15, 0.2) is 23.9 Å². The highest BCUT2D eigenvalue weighted by Gasteiger charge is 2.38. The molecule has 0 aromatic carbocycles. The summed E-state index contributed by atoms with van der Waals surface area (Å²) >= 11 is 0. The topological polar surface area (TPSA) is 59.0 Å². The average molecular weight is 239 g/mol. The Morgan fingerprint density at radius 1 is 1.47 bits per heavy atom. The van der Waals surface area contributed by atoms with Crippen molar-refractivity contribution in [2.45, 2.75) is 31.2 Å². The maximum absolute atomic E-state index is 11.4. The molecule has 0 saturated heterocycles. The molecule has 1 heterocycles. The molecule has 0 amide bonds. The summed E-state index contributed by atoms with van der Waals surface area (Å²) in [5.74, 6) is -0.491. The van der Waals surface area contributed by atoms with Crippen molar-refractivity contribution in [1.82, 2.24) is 4.90 Å². The minimum atomic E-state index is -0.921. The van der Waals surface area contributed by atoms with Crippen LogP contribution in [0.4, 0.5) is 0 Å². The second-order valence-corrected chi connectivity index (χ2v) is 4.26. The molecule has 0 bridgehead atoms. The van der Waals surface area contributed by atoms with Crippen LogP contribution in [0.1, 0.15) is 12.8 Å². The summed E-state index contributed by atoms with van der Waals surface area (Å²) in [6.07, 6.45) is 6.20. The van der Waals surface area contributed by atoms with Crippen molar-refractivity contribution in [2.75, 3.05) is 14.2 Å². The molecule has 5 nitrogen and oxygen atoms in total. The lowest BCUT2D eigenvalue weighted by molar-refractivity contribution is -0.139. The van der Waals surface area contributed by atoms with Crippen molar-refractivity contribution < 1.29 is 19.4 Å². The van der Waals surface area contributed by atoms with Crippen LogP contribution >= 0.6 is 0 Å². The first kappa shape index (κ1) is 12.1. The fourth-order valence-corrected chi connectivity index (χ4v) is 2.16. The highest BCUT2D eigenvalue weighted by Crippen LogP contribution is 2.31. The van der Waals surface area contributed by atoms with Gasteiger partial charge in [0.25, 0.3) is 0 Å². The Morgan fingerprint density at radius 3 is 2.76 bits per heavy atom. The Morgan fingerprint density at radius 2 is 2.18 bits per heavy atom. The van der Waals surface area contributed by atoms with E-state index in [0.717, 1.165) is 12.8 Å². The van der Waals surface area contributed by atoms with Gasteiger partial charge in [0.15, 0.2) is 6.23 Å². The Balaban J connectivity index is 2.01. The zero-order valence-electron chi connectivity index (χ0n) is 10.00. The molecule has 0 aromatic rings. The predicted molar refractivity (Wildman–Crippen MR) is 60.9 cm³/mol. The Kier molecular flexibility index (Phi) is 3.49. The van der Waals surface area contributed by atoms with Crippen molar-refractivity contribution in [3.8, 4) is 0 Å². The minimum Gasteiger partial charge on any atom is -0.466 e. The predicted octanol–water partition coefficient (Wildman–Crippen LogP) is 0.411. The molecule has 1 fully saturated rings. The molecule has 1 atom stereocenters. The maximum atomic E-state index is 11.4. The van der Waals surface area contributed by atoms with Gasteiger partial charge in [0.2, 0.25) is 0 Å². The van der Waals surface area contributed by atoms with E-state index in [1.54, 1.807) is 30.4 Å². The van der Waals surface area contributed by atoms with Gasteiger partial charge in [-0.3, -0.25) is 0 Å². The summed E-state index contributed by atoms with van der Waals surface area (Å²) in [7, 11) is 2.99. The molecule has 17 heavy (non-hydrogen) atoms. The van der Waals surface area contributed by atoms with E-state index in [0.29, 0.717) is 0 Å². The number of carbonyl (C=O) groups is 1. The maximum Gasteiger partial charge on any atom is 0.338 e. The molecule has 1 aliphatic heterocycles. The zero-order chi connectivity index (χ0) is 12.4. The molecular formula is C12H17NO4. The molecular weight excluding hydrogens is 222 g/mol. The molecule has 2 aliphatic rings. The van der Waals surface area contributed by atoms with Gasteiger partial charge in [-0.2, -0.15) is 0 Å².